The molecule has 0 spiro atoms. The van der Waals surface area contributed by atoms with Crippen LogP contribution in [0, 0.1) is 0 Å². The van der Waals surface area contributed by atoms with Gasteiger partial charge >= 0.3 is 5.97 Å². The fourth-order valence-corrected chi connectivity index (χ4v) is 2.04. The summed E-state index contributed by atoms with van der Waals surface area (Å²) in [5.74, 6) is -1.04. The quantitative estimate of drug-likeness (QED) is 0.626. The van der Waals surface area contributed by atoms with Gasteiger partial charge in [0.1, 0.15) is 6.04 Å². The van der Waals surface area contributed by atoms with Crippen molar-refractivity contribution in [2.24, 2.45) is 0 Å². The summed E-state index contributed by atoms with van der Waals surface area (Å²) in [6.07, 6.45) is 6.93. The molecule has 0 heterocycles. The molecule has 0 bridgehead atoms. The molecule has 1 atom stereocenters. The Labute approximate surface area is 102 Å². The van der Waals surface area contributed by atoms with Crippen molar-refractivity contribution in [1.82, 2.24) is 10.6 Å². The molecule has 3 N–H and O–H groups in total. The Morgan fingerprint density at radius 1 is 1.24 bits per heavy atom. The molecule has 1 fully saturated rings. The minimum Gasteiger partial charge on any atom is -0.480 e. The molecule has 0 aromatic heterocycles. The molecule has 1 aliphatic carbocycles. The van der Waals surface area contributed by atoms with Gasteiger partial charge in [-0.15, -0.1) is 0 Å². The van der Waals surface area contributed by atoms with Crippen LogP contribution < -0.4 is 10.6 Å². The van der Waals surface area contributed by atoms with E-state index < -0.39 is 12.0 Å². The molecule has 0 aromatic carbocycles. The first-order valence-electron chi connectivity index (χ1n) is 6.35. The first kappa shape index (κ1) is 14.0. The minimum absolute atomic E-state index is 0.0734. The Balaban J connectivity index is 2.21. The zero-order valence-corrected chi connectivity index (χ0v) is 10.4. The highest BCUT2D eigenvalue weighted by atomic mass is 16.4. The highest BCUT2D eigenvalue weighted by Crippen LogP contribution is 2.16. The molecule has 5 nitrogen and oxygen atoms in total. The summed E-state index contributed by atoms with van der Waals surface area (Å²) < 4.78 is 0. The van der Waals surface area contributed by atoms with Gasteiger partial charge in [-0.2, -0.15) is 0 Å². The largest absolute Gasteiger partial charge is 0.480 e. The number of carbonyl (C=O) groups excluding carboxylic acids is 1. The molecule has 98 valence electrons. The number of aliphatic carboxylic acids is 1. The number of amides is 1. The summed E-state index contributed by atoms with van der Waals surface area (Å²) in [4.78, 5) is 22.1. The lowest BCUT2D eigenvalue weighted by atomic mass is 10.1. The van der Waals surface area contributed by atoms with Crippen LogP contribution in [0.2, 0.25) is 0 Å². The van der Waals surface area contributed by atoms with Gasteiger partial charge < -0.3 is 10.4 Å². The fourth-order valence-electron chi connectivity index (χ4n) is 2.04. The zero-order chi connectivity index (χ0) is 12.7. The molecular weight excluding hydrogens is 220 g/mol. The average Bonchev–Trinajstić information content (AvgIpc) is 2.54. The van der Waals surface area contributed by atoms with Crippen molar-refractivity contribution < 1.29 is 14.7 Å². The number of carbonyl (C=O) groups is 2. The molecule has 1 saturated carbocycles. The van der Waals surface area contributed by atoms with Gasteiger partial charge in [-0.3, -0.25) is 14.9 Å². The summed E-state index contributed by atoms with van der Waals surface area (Å²) in [5.41, 5.74) is 0. The Kier molecular flexibility index (Phi) is 5.97. The van der Waals surface area contributed by atoms with E-state index in [1.54, 1.807) is 0 Å². The topological polar surface area (TPSA) is 78.4 Å². The van der Waals surface area contributed by atoms with Gasteiger partial charge in [0, 0.05) is 6.04 Å². The SMILES string of the molecule is CC(NCC(=O)NC1CCCCCC1)C(=O)O. The molecule has 1 rings (SSSR count). The summed E-state index contributed by atoms with van der Waals surface area (Å²) in [6, 6.07) is -0.415. The van der Waals surface area contributed by atoms with Crippen LogP contribution in [-0.2, 0) is 9.59 Å². The van der Waals surface area contributed by atoms with E-state index in [2.05, 4.69) is 10.6 Å². The van der Waals surface area contributed by atoms with E-state index in [1.807, 2.05) is 0 Å². The van der Waals surface area contributed by atoms with Crippen molar-refractivity contribution in [3.63, 3.8) is 0 Å². The van der Waals surface area contributed by atoms with Crippen LogP contribution in [-0.4, -0.2) is 35.6 Å². The van der Waals surface area contributed by atoms with Gasteiger partial charge in [0.05, 0.1) is 6.54 Å². The smallest absolute Gasteiger partial charge is 0.320 e. The van der Waals surface area contributed by atoms with Crippen LogP contribution in [0.1, 0.15) is 45.4 Å². The lowest BCUT2D eigenvalue weighted by Crippen LogP contribution is -2.44. The van der Waals surface area contributed by atoms with Crippen molar-refractivity contribution >= 4 is 11.9 Å². The van der Waals surface area contributed by atoms with Crippen molar-refractivity contribution in [1.29, 1.82) is 0 Å². The molecule has 1 unspecified atom stereocenters. The number of hydrogen-bond acceptors (Lipinski definition) is 3. The summed E-state index contributed by atoms with van der Waals surface area (Å²) in [6.45, 7) is 1.60. The third-order valence-electron chi connectivity index (χ3n) is 3.16. The van der Waals surface area contributed by atoms with Crippen LogP contribution in [0.15, 0.2) is 0 Å². The lowest BCUT2D eigenvalue weighted by Gasteiger charge is -2.17. The van der Waals surface area contributed by atoms with Crippen molar-refractivity contribution in [3.05, 3.63) is 0 Å². The van der Waals surface area contributed by atoms with E-state index in [0.29, 0.717) is 0 Å². The number of rotatable bonds is 5. The molecule has 0 aliphatic heterocycles. The molecular formula is C12H22N2O3. The fraction of sp³-hybridized carbons (Fsp3) is 0.833. The molecule has 0 radical (unpaired) electrons. The van der Waals surface area contributed by atoms with E-state index in [-0.39, 0.29) is 18.5 Å². The molecule has 0 aromatic rings. The minimum atomic E-state index is -0.938. The van der Waals surface area contributed by atoms with E-state index in [9.17, 15) is 9.59 Å². The van der Waals surface area contributed by atoms with Gasteiger partial charge in [-0.05, 0) is 19.8 Å². The van der Waals surface area contributed by atoms with Crippen LogP contribution in [0.3, 0.4) is 0 Å². The number of nitrogens with one attached hydrogen (secondary N) is 2. The van der Waals surface area contributed by atoms with Crippen LogP contribution >= 0.6 is 0 Å². The Morgan fingerprint density at radius 3 is 2.35 bits per heavy atom. The molecule has 0 saturated heterocycles. The summed E-state index contributed by atoms with van der Waals surface area (Å²) in [5, 5.41) is 14.3. The lowest BCUT2D eigenvalue weighted by molar-refractivity contribution is -0.139. The van der Waals surface area contributed by atoms with Crippen LogP contribution in [0.25, 0.3) is 0 Å². The van der Waals surface area contributed by atoms with Gasteiger partial charge in [0.15, 0.2) is 0 Å². The standard InChI is InChI=1S/C12H22N2O3/c1-9(12(16)17)13-8-11(15)14-10-6-4-2-3-5-7-10/h9-10,13H,2-8H2,1H3,(H,14,15)(H,16,17). The van der Waals surface area contributed by atoms with Crippen LogP contribution in [0.4, 0.5) is 0 Å². The third-order valence-corrected chi connectivity index (χ3v) is 3.16. The maximum Gasteiger partial charge on any atom is 0.320 e. The van der Waals surface area contributed by atoms with E-state index in [4.69, 9.17) is 5.11 Å². The first-order chi connectivity index (χ1) is 8.09. The second-order valence-corrected chi connectivity index (χ2v) is 4.70. The second-order valence-electron chi connectivity index (χ2n) is 4.70. The van der Waals surface area contributed by atoms with Gasteiger partial charge in [0.25, 0.3) is 0 Å². The van der Waals surface area contributed by atoms with Gasteiger partial charge in [-0.25, -0.2) is 0 Å². The Bertz CT molecular complexity index is 260. The molecule has 17 heavy (non-hydrogen) atoms. The van der Waals surface area contributed by atoms with E-state index >= 15 is 0 Å². The van der Waals surface area contributed by atoms with Crippen molar-refractivity contribution in [2.75, 3.05) is 6.54 Å². The second kappa shape index (κ2) is 7.27. The predicted molar refractivity (Wildman–Crippen MR) is 64.7 cm³/mol. The number of carboxylic acid groups (broad SMARTS) is 1. The predicted octanol–water partition coefficient (Wildman–Crippen LogP) is 0.888. The average molecular weight is 242 g/mol. The Hall–Kier alpha value is -1.10. The molecule has 1 amide bonds. The highest BCUT2D eigenvalue weighted by molar-refractivity contribution is 5.79. The van der Waals surface area contributed by atoms with Crippen molar-refractivity contribution in [3.8, 4) is 0 Å². The maximum atomic E-state index is 11.6. The van der Waals surface area contributed by atoms with E-state index in [1.165, 1.54) is 32.6 Å². The first-order valence-corrected chi connectivity index (χ1v) is 6.35. The zero-order valence-electron chi connectivity index (χ0n) is 10.4. The maximum absolute atomic E-state index is 11.6. The van der Waals surface area contributed by atoms with E-state index in [0.717, 1.165) is 12.8 Å². The molecule has 5 heteroatoms. The number of hydrogen-bond donors (Lipinski definition) is 3. The third kappa shape index (κ3) is 5.68. The number of carboxylic acids is 1. The normalized spacial score (nSPS) is 19.4. The highest BCUT2D eigenvalue weighted by Gasteiger charge is 2.16. The van der Waals surface area contributed by atoms with Gasteiger partial charge in [0.2, 0.25) is 5.91 Å². The summed E-state index contributed by atoms with van der Waals surface area (Å²) in [7, 11) is 0. The summed E-state index contributed by atoms with van der Waals surface area (Å²) >= 11 is 0. The van der Waals surface area contributed by atoms with Gasteiger partial charge in [-0.1, -0.05) is 25.7 Å². The Morgan fingerprint density at radius 2 is 1.82 bits per heavy atom. The van der Waals surface area contributed by atoms with Crippen molar-refractivity contribution in [2.45, 2.75) is 57.5 Å². The molecule has 1 aliphatic rings. The monoisotopic (exact) mass is 242 g/mol. The van der Waals surface area contributed by atoms with Crippen LogP contribution in [0.5, 0.6) is 0 Å².